The van der Waals surface area contributed by atoms with E-state index in [1.165, 1.54) is 18.2 Å². The highest BCUT2D eigenvalue weighted by molar-refractivity contribution is 6.30. The van der Waals surface area contributed by atoms with Gasteiger partial charge in [-0.3, -0.25) is 9.69 Å². The van der Waals surface area contributed by atoms with E-state index in [4.69, 9.17) is 11.6 Å². The Morgan fingerprint density at radius 3 is 2.23 bits per heavy atom. The van der Waals surface area contributed by atoms with Crippen molar-refractivity contribution >= 4 is 23.2 Å². The van der Waals surface area contributed by atoms with Gasteiger partial charge in [0, 0.05) is 5.02 Å². The quantitative estimate of drug-likeness (QED) is 0.456. The first-order chi connectivity index (χ1) is 14.6. The molecule has 0 bridgehead atoms. The van der Waals surface area contributed by atoms with Crippen LogP contribution in [-0.2, 0) is 11.0 Å². The normalized spacial score (nSPS) is 12.6. The summed E-state index contributed by atoms with van der Waals surface area (Å²) < 4.78 is 53.3. The zero-order valence-corrected chi connectivity index (χ0v) is 17.2. The van der Waals surface area contributed by atoms with Crippen LogP contribution in [0.2, 0.25) is 5.02 Å². The molecule has 1 amide bonds. The molecule has 0 aliphatic heterocycles. The number of anilines is 1. The summed E-state index contributed by atoms with van der Waals surface area (Å²) in [6.45, 7) is -0.198. The average molecular weight is 451 g/mol. The molecule has 162 valence electrons. The number of nitrogens with zero attached hydrogens (tertiary/aromatic N) is 1. The third-order valence-electron chi connectivity index (χ3n) is 4.70. The second-order valence-electron chi connectivity index (χ2n) is 7.02. The molecule has 0 aliphatic carbocycles. The summed E-state index contributed by atoms with van der Waals surface area (Å²) in [5.41, 5.74) is 0.208. The summed E-state index contributed by atoms with van der Waals surface area (Å²) in [4.78, 5) is 14.3. The summed E-state index contributed by atoms with van der Waals surface area (Å²) in [7, 11) is 1.67. The Morgan fingerprint density at radius 1 is 1.00 bits per heavy atom. The highest BCUT2D eigenvalue weighted by Gasteiger charge is 2.34. The molecule has 3 aromatic rings. The van der Waals surface area contributed by atoms with Gasteiger partial charge in [0.25, 0.3) is 0 Å². The van der Waals surface area contributed by atoms with Crippen molar-refractivity contribution in [1.29, 1.82) is 0 Å². The Morgan fingerprint density at radius 2 is 1.61 bits per heavy atom. The third-order valence-corrected chi connectivity index (χ3v) is 4.93. The van der Waals surface area contributed by atoms with Crippen molar-refractivity contribution in [3.8, 4) is 0 Å². The van der Waals surface area contributed by atoms with Crippen molar-refractivity contribution in [2.24, 2.45) is 0 Å². The van der Waals surface area contributed by atoms with Gasteiger partial charge in [-0.05, 0) is 48.5 Å². The number of halogens is 5. The van der Waals surface area contributed by atoms with Crippen LogP contribution in [0, 0.1) is 5.82 Å². The standard InChI is InChI=1S/C23H19ClF4N2O/c1-30(14-21(31)29-20-12-9-17(24)13-19(20)23(26,27)28)22(15-5-3-2-4-6-15)16-7-10-18(25)11-8-16/h2-13,22H,14H2,1H3,(H,29,31). The smallest absolute Gasteiger partial charge is 0.324 e. The van der Waals surface area contributed by atoms with Gasteiger partial charge in [-0.25, -0.2) is 4.39 Å². The monoisotopic (exact) mass is 450 g/mol. The highest BCUT2D eigenvalue weighted by atomic mass is 35.5. The van der Waals surface area contributed by atoms with Crippen molar-refractivity contribution in [3.05, 3.63) is 100 Å². The second kappa shape index (κ2) is 9.49. The molecule has 3 nitrogen and oxygen atoms in total. The molecule has 1 atom stereocenters. The van der Waals surface area contributed by atoms with Crippen molar-refractivity contribution in [3.63, 3.8) is 0 Å². The van der Waals surface area contributed by atoms with Crippen LogP contribution in [0.5, 0.6) is 0 Å². The fourth-order valence-electron chi connectivity index (χ4n) is 3.35. The maximum absolute atomic E-state index is 13.4. The van der Waals surface area contributed by atoms with E-state index in [0.717, 1.165) is 23.3 Å². The minimum absolute atomic E-state index is 0.0807. The zero-order chi connectivity index (χ0) is 22.6. The van der Waals surface area contributed by atoms with E-state index < -0.39 is 29.5 Å². The van der Waals surface area contributed by atoms with Crippen molar-refractivity contribution in [1.82, 2.24) is 4.90 Å². The number of nitrogens with one attached hydrogen (secondary N) is 1. The van der Waals surface area contributed by atoms with E-state index >= 15 is 0 Å². The van der Waals surface area contributed by atoms with Gasteiger partial charge >= 0.3 is 6.18 Å². The Hall–Kier alpha value is -2.90. The van der Waals surface area contributed by atoms with Gasteiger partial charge in [0.2, 0.25) is 5.91 Å². The summed E-state index contributed by atoms with van der Waals surface area (Å²) >= 11 is 5.68. The summed E-state index contributed by atoms with van der Waals surface area (Å²) in [5.74, 6) is -1.02. The fraction of sp³-hybridized carbons (Fsp3) is 0.174. The first kappa shape index (κ1) is 22.8. The molecule has 0 saturated heterocycles. The van der Waals surface area contributed by atoms with Gasteiger partial charge in [-0.2, -0.15) is 13.2 Å². The predicted molar refractivity (Wildman–Crippen MR) is 112 cm³/mol. The molecule has 3 aromatic carbocycles. The molecule has 0 heterocycles. The van der Waals surface area contributed by atoms with Crippen LogP contribution in [0.15, 0.2) is 72.8 Å². The Labute approximate surface area is 182 Å². The molecule has 1 unspecified atom stereocenters. The van der Waals surface area contributed by atoms with E-state index in [0.29, 0.717) is 0 Å². The fourth-order valence-corrected chi connectivity index (χ4v) is 3.52. The number of benzene rings is 3. The summed E-state index contributed by atoms with van der Waals surface area (Å²) in [5, 5.41) is 2.24. The second-order valence-corrected chi connectivity index (χ2v) is 7.45. The number of carbonyl (C=O) groups is 1. The first-order valence-electron chi connectivity index (χ1n) is 9.32. The number of hydrogen-bond donors (Lipinski definition) is 1. The van der Waals surface area contributed by atoms with Crippen molar-refractivity contribution < 1.29 is 22.4 Å². The van der Waals surface area contributed by atoms with E-state index in [9.17, 15) is 22.4 Å². The predicted octanol–water partition coefficient (Wildman–Crippen LogP) is 6.16. The molecule has 3 rings (SSSR count). The lowest BCUT2D eigenvalue weighted by Gasteiger charge is -2.28. The van der Waals surface area contributed by atoms with Crippen LogP contribution in [0.4, 0.5) is 23.2 Å². The lowest BCUT2D eigenvalue weighted by atomic mass is 9.97. The molecule has 0 aromatic heterocycles. The van der Waals surface area contributed by atoms with Gasteiger partial charge in [0.1, 0.15) is 5.82 Å². The number of carbonyl (C=O) groups excluding carboxylic acids is 1. The van der Waals surface area contributed by atoms with Gasteiger partial charge in [0.05, 0.1) is 23.8 Å². The van der Waals surface area contributed by atoms with Crippen LogP contribution in [0.25, 0.3) is 0 Å². The van der Waals surface area contributed by atoms with Gasteiger partial charge < -0.3 is 5.32 Å². The van der Waals surface area contributed by atoms with E-state index in [2.05, 4.69) is 5.32 Å². The minimum atomic E-state index is -4.67. The van der Waals surface area contributed by atoms with Gasteiger partial charge in [-0.15, -0.1) is 0 Å². The lowest BCUT2D eigenvalue weighted by molar-refractivity contribution is -0.137. The maximum atomic E-state index is 13.4. The summed E-state index contributed by atoms with van der Waals surface area (Å²) in [6, 6.07) is 17.9. The maximum Gasteiger partial charge on any atom is 0.418 e. The molecule has 0 spiro atoms. The molecule has 31 heavy (non-hydrogen) atoms. The molecular formula is C23H19ClF4N2O. The number of hydrogen-bond acceptors (Lipinski definition) is 2. The van der Waals surface area contributed by atoms with Crippen LogP contribution in [0.3, 0.4) is 0 Å². The Bertz CT molecular complexity index is 1040. The molecule has 0 aliphatic rings. The largest absolute Gasteiger partial charge is 0.418 e. The highest BCUT2D eigenvalue weighted by Crippen LogP contribution is 2.36. The molecular weight excluding hydrogens is 432 g/mol. The summed E-state index contributed by atoms with van der Waals surface area (Å²) in [6.07, 6.45) is -4.67. The number of alkyl halides is 3. The van der Waals surface area contributed by atoms with Gasteiger partial charge in [-0.1, -0.05) is 54.1 Å². The van der Waals surface area contributed by atoms with E-state index in [-0.39, 0.29) is 17.3 Å². The molecule has 1 N–H and O–H groups in total. The topological polar surface area (TPSA) is 32.3 Å². The van der Waals surface area contributed by atoms with Crippen molar-refractivity contribution in [2.75, 3.05) is 18.9 Å². The van der Waals surface area contributed by atoms with E-state index in [1.807, 2.05) is 30.3 Å². The molecule has 8 heteroatoms. The molecule has 0 radical (unpaired) electrons. The minimum Gasteiger partial charge on any atom is -0.324 e. The van der Waals surface area contributed by atoms with Crippen LogP contribution in [-0.4, -0.2) is 24.4 Å². The van der Waals surface area contributed by atoms with E-state index in [1.54, 1.807) is 24.1 Å². The molecule has 0 saturated carbocycles. The number of likely N-dealkylation sites (N-methyl/N-ethyl adjacent to an activating group) is 1. The number of rotatable bonds is 6. The SMILES string of the molecule is CN(CC(=O)Nc1ccc(Cl)cc1C(F)(F)F)C(c1ccccc1)c1ccc(F)cc1. The van der Waals surface area contributed by atoms with Crippen molar-refractivity contribution in [2.45, 2.75) is 12.2 Å². The van der Waals surface area contributed by atoms with Crippen LogP contribution < -0.4 is 5.32 Å². The Balaban J connectivity index is 1.83. The lowest BCUT2D eigenvalue weighted by Crippen LogP contribution is -2.34. The zero-order valence-electron chi connectivity index (χ0n) is 16.5. The first-order valence-corrected chi connectivity index (χ1v) is 9.70. The average Bonchev–Trinajstić information content (AvgIpc) is 2.71. The molecule has 0 fully saturated rings. The Kier molecular flexibility index (Phi) is 6.97. The van der Waals surface area contributed by atoms with Crippen LogP contribution >= 0.6 is 11.6 Å². The van der Waals surface area contributed by atoms with Crippen LogP contribution in [0.1, 0.15) is 22.7 Å². The third kappa shape index (κ3) is 5.83. The van der Waals surface area contributed by atoms with Gasteiger partial charge in [0.15, 0.2) is 0 Å². The number of amides is 1.